The molecular formula is C10H13N3O2S. The van der Waals surface area contributed by atoms with Gasteiger partial charge in [0.25, 0.3) is 5.91 Å². The molecule has 1 aliphatic heterocycles. The molecule has 1 saturated heterocycles. The molecule has 1 aromatic heterocycles. The van der Waals surface area contributed by atoms with Crippen molar-refractivity contribution in [2.24, 2.45) is 5.73 Å². The Labute approximate surface area is 97.2 Å². The van der Waals surface area contributed by atoms with Gasteiger partial charge < -0.3 is 10.6 Å². The van der Waals surface area contributed by atoms with Crippen LogP contribution >= 0.6 is 11.3 Å². The van der Waals surface area contributed by atoms with Gasteiger partial charge in [0.1, 0.15) is 5.00 Å². The number of nitrogens with one attached hydrogen (secondary N) is 1. The summed E-state index contributed by atoms with van der Waals surface area (Å²) in [6.45, 7) is 1.56. The minimum absolute atomic E-state index is 0.151. The van der Waals surface area contributed by atoms with Gasteiger partial charge in [-0.3, -0.25) is 10.1 Å². The van der Waals surface area contributed by atoms with Crippen LogP contribution in [-0.2, 0) is 0 Å². The van der Waals surface area contributed by atoms with E-state index in [-0.39, 0.29) is 6.03 Å². The van der Waals surface area contributed by atoms with E-state index in [0.29, 0.717) is 10.6 Å². The quantitative estimate of drug-likeness (QED) is 0.820. The first-order valence-corrected chi connectivity index (χ1v) is 5.99. The second kappa shape index (κ2) is 4.52. The highest BCUT2D eigenvalue weighted by molar-refractivity contribution is 7.14. The molecule has 1 fully saturated rings. The fourth-order valence-corrected chi connectivity index (χ4v) is 2.48. The molecule has 86 valence electrons. The Morgan fingerprint density at radius 1 is 1.38 bits per heavy atom. The highest BCUT2D eigenvalue weighted by Gasteiger charge is 2.20. The number of anilines is 1. The normalized spacial score (nSPS) is 15.1. The first kappa shape index (κ1) is 10.9. The highest BCUT2D eigenvalue weighted by atomic mass is 32.1. The van der Waals surface area contributed by atoms with E-state index in [4.69, 9.17) is 5.73 Å². The lowest BCUT2D eigenvalue weighted by Gasteiger charge is -2.15. The van der Waals surface area contributed by atoms with Crippen molar-refractivity contribution >= 4 is 28.3 Å². The van der Waals surface area contributed by atoms with Crippen molar-refractivity contribution < 1.29 is 9.59 Å². The Kier molecular flexibility index (Phi) is 3.09. The third kappa shape index (κ3) is 2.16. The molecule has 2 rings (SSSR count). The molecule has 0 spiro atoms. The molecule has 2 heterocycles. The summed E-state index contributed by atoms with van der Waals surface area (Å²) in [4.78, 5) is 24.5. The van der Waals surface area contributed by atoms with E-state index in [1.807, 2.05) is 0 Å². The van der Waals surface area contributed by atoms with Gasteiger partial charge in [0.05, 0.1) is 5.56 Å². The minimum Gasteiger partial charge on any atom is -0.366 e. The number of urea groups is 1. The summed E-state index contributed by atoms with van der Waals surface area (Å²) in [5.41, 5.74) is 5.56. The van der Waals surface area contributed by atoms with Crippen LogP contribution in [0.25, 0.3) is 0 Å². The predicted molar refractivity (Wildman–Crippen MR) is 62.7 cm³/mol. The lowest BCUT2D eigenvalue weighted by atomic mass is 10.3. The molecule has 0 bridgehead atoms. The van der Waals surface area contributed by atoms with E-state index in [1.165, 1.54) is 11.3 Å². The van der Waals surface area contributed by atoms with Crippen molar-refractivity contribution in [3.05, 3.63) is 17.0 Å². The zero-order chi connectivity index (χ0) is 11.5. The van der Waals surface area contributed by atoms with Crippen LogP contribution in [0.5, 0.6) is 0 Å². The number of hydrogen-bond acceptors (Lipinski definition) is 3. The van der Waals surface area contributed by atoms with Crippen LogP contribution in [0, 0.1) is 0 Å². The molecule has 0 unspecified atom stereocenters. The standard InChI is InChI=1S/C10H13N3O2S/c11-8(14)7-3-6-16-9(7)12-10(15)13-4-1-2-5-13/h3,6H,1-2,4-5H2,(H2,11,14)(H,12,15). The molecule has 0 aliphatic carbocycles. The van der Waals surface area contributed by atoms with E-state index >= 15 is 0 Å². The summed E-state index contributed by atoms with van der Waals surface area (Å²) in [5.74, 6) is -0.516. The average molecular weight is 239 g/mol. The molecule has 0 atom stereocenters. The molecule has 3 N–H and O–H groups in total. The van der Waals surface area contributed by atoms with Crippen LogP contribution in [0.2, 0.25) is 0 Å². The van der Waals surface area contributed by atoms with Crippen molar-refractivity contribution in [3.8, 4) is 0 Å². The Hall–Kier alpha value is -1.56. The van der Waals surface area contributed by atoms with E-state index in [2.05, 4.69) is 5.32 Å². The number of hydrogen-bond donors (Lipinski definition) is 2. The van der Waals surface area contributed by atoms with Crippen molar-refractivity contribution in [1.82, 2.24) is 4.90 Å². The summed E-state index contributed by atoms with van der Waals surface area (Å²) in [6.07, 6.45) is 2.08. The zero-order valence-electron chi connectivity index (χ0n) is 8.73. The summed E-state index contributed by atoms with van der Waals surface area (Å²) < 4.78 is 0. The second-order valence-electron chi connectivity index (χ2n) is 3.65. The van der Waals surface area contributed by atoms with Gasteiger partial charge in [-0.05, 0) is 24.3 Å². The number of rotatable bonds is 2. The second-order valence-corrected chi connectivity index (χ2v) is 4.57. The maximum absolute atomic E-state index is 11.8. The molecule has 6 heteroatoms. The maximum Gasteiger partial charge on any atom is 0.322 e. The molecule has 0 aromatic carbocycles. The maximum atomic E-state index is 11.8. The van der Waals surface area contributed by atoms with Crippen molar-refractivity contribution in [2.75, 3.05) is 18.4 Å². The first-order chi connectivity index (χ1) is 7.68. The smallest absolute Gasteiger partial charge is 0.322 e. The SMILES string of the molecule is NC(=O)c1ccsc1NC(=O)N1CCCC1. The zero-order valence-corrected chi connectivity index (χ0v) is 9.55. The molecule has 3 amide bonds. The lowest BCUT2D eigenvalue weighted by molar-refractivity contribution is 0.100. The predicted octanol–water partition coefficient (Wildman–Crippen LogP) is 1.47. The Morgan fingerprint density at radius 2 is 2.06 bits per heavy atom. The van der Waals surface area contributed by atoms with Gasteiger partial charge in [-0.1, -0.05) is 0 Å². The van der Waals surface area contributed by atoms with Gasteiger partial charge in [0, 0.05) is 13.1 Å². The summed E-state index contributed by atoms with van der Waals surface area (Å²) in [5, 5.41) is 4.99. The van der Waals surface area contributed by atoms with E-state index in [9.17, 15) is 9.59 Å². The van der Waals surface area contributed by atoms with Gasteiger partial charge in [-0.15, -0.1) is 11.3 Å². The molecule has 1 aliphatic rings. The number of likely N-dealkylation sites (tertiary alicyclic amines) is 1. The molecule has 16 heavy (non-hydrogen) atoms. The first-order valence-electron chi connectivity index (χ1n) is 5.11. The summed E-state index contributed by atoms with van der Waals surface area (Å²) in [7, 11) is 0. The molecule has 0 saturated carbocycles. The largest absolute Gasteiger partial charge is 0.366 e. The lowest BCUT2D eigenvalue weighted by Crippen LogP contribution is -2.32. The van der Waals surface area contributed by atoms with Crippen LogP contribution in [0.3, 0.4) is 0 Å². The van der Waals surface area contributed by atoms with E-state index < -0.39 is 5.91 Å². The van der Waals surface area contributed by atoms with Gasteiger partial charge in [-0.25, -0.2) is 4.79 Å². The molecular weight excluding hydrogens is 226 g/mol. The topological polar surface area (TPSA) is 75.4 Å². The number of nitrogens with zero attached hydrogens (tertiary/aromatic N) is 1. The minimum atomic E-state index is -0.516. The van der Waals surface area contributed by atoms with E-state index in [1.54, 1.807) is 16.3 Å². The Bertz CT molecular complexity index is 410. The van der Waals surface area contributed by atoms with E-state index in [0.717, 1.165) is 25.9 Å². The van der Waals surface area contributed by atoms with Crippen molar-refractivity contribution in [3.63, 3.8) is 0 Å². The number of carbonyl (C=O) groups is 2. The van der Waals surface area contributed by atoms with Gasteiger partial charge in [-0.2, -0.15) is 0 Å². The molecule has 1 aromatic rings. The number of primary amides is 1. The highest BCUT2D eigenvalue weighted by Crippen LogP contribution is 2.23. The fourth-order valence-electron chi connectivity index (χ4n) is 1.70. The van der Waals surface area contributed by atoms with Crippen LogP contribution in [0.1, 0.15) is 23.2 Å². The third-order valence-electron chi connectivity index (χ3n) is 2.54. The monoisotopic (exact) mass is 239 g/mol. The number of carbonyl (C=O) groups excluding carboxylic acids is 2. The number of amides is 3. The molecule has 0 radical (unpaired) electrons. The Morgan fingerprint density at radius 3 is 2.69 bits per heavy atom. The van der Waals surface area contributed by atoms with Crippen LogP contribution < -0.4 is 11.1 Å². The number of nitrogens with two attached hydrogens (primary N) is 1. The van der Waals surface area contributed by atoms with Crippen LogP contribution in [0.15, 0.2) is 11.4 Å². The fraction of sp³-hybridized carbons (Fsp3) is 0.400. The number of thiophene rings is 1. The van der Waals surface area contributed by atoms with Crippen LogP contribution in [0.4, 0.5) is 9.80 Å². The van der Waals surface area contributed by atoms with Gasteiger partial charge >= 0.3 is 6.03 Å². The van der Waals surface area contributed by atoms with Gasteiger partial charge in [0.15, 0.2) is 0 Å². The van der Waals surface area contributed by atoms with Crippen LogP contribution in [-0.4, -0.2) is 29.9 Å². The Balaban J connectivity index is 2.05. The van der Waals surface area contributed by atoms with Crippen molar-refractivity contribution in [2.45, 2.75) is 12.8 Å². The summed E-state index contributed by atoms with van der Waals surface area (Å²) in [6, 6.07) is 1.47. The third-order valence-corrected chi connectivity index (χ3v) is 3.37. The summed E-state index contributed by atoms with van der Waals surface area (Å²) >= 11 is 1.31. The van der Waals surface area contributed by atoms with Gasteiger partial charge in [0.2, 0.25) is 0 Å². The average Bonchev–Trinajstić information content (AvgIpc) is 2.86. The van der Waals surface area contributed by atoms with Crippen molar-refractivity contribution in [1.29, 1.82) is 0 Å². The molecule has 5 nitrogen and oxygen atoms in total.